The molecule has 2 nitrogen and oxygen atoms in total. The van der Waals surface area contributed by atoms with E-state index in [1.165, 1.54) is 11.1 Å². The summed E-state index contributed by atoms with van der Waals surface area (Å²) in [5.41, 5.74) is 2.49. The highest BCUT2D eigenvalue weighted by Crippen LogP contribution is 2.35. The zero-order valence-corrected chi connectivity index (χ0v) is 11.7. The van der Waals surface area contributed by atoms with Crippen LogP contribution >= 0.6 is 11.6 Å². The maximum Gasteiger partial charge on any atom is 0.161 e. The molecule has 0 saturated carbocycles. The van der Waals surface area contributed by atoms with Crippen molar-refractivity contribution < 1.29 is 9.47 Å². The average molecular weight is 267 g/mol. The smallest absolute Gasteiger partial charge is 0.161 e. The Labute approximate surface area is 114 Å². The zero-order chi connectivity index (χ0) is 13.0. The first-order valence-corrected chi connectivity index (χ1v) is 6.93. The summed E-state index contributed by atoms with van der Waals surface area (Å²) in [6.07, 6.45) is 4.19. The molecule has 0 radical (unpaired) electrons. The molecule has 0 aliphatic heterocycles. The van der Waals surface area contributed by atoms with Crippen molar-refractivity contribution in [2.45, 2.75) is 32.1 Å². The lowest BCUT2D eigenvalue weighted by Crippen LogP contribution is -1.99. The van der Waals surface area contributed by atoms with Crippen LogP contribution in [-0.2, 0) is 0 Å². The van der Waals surface area contributed by atoms with E-state index in [4.69, 9.17) is 21.1 Å². The topological polar surface area (TPSA) is 18.5 Å². The summed E-state index contributed by atoms with van der Waals surface area (Å²) in [5, 5.41) is 0.169. The van der Waals surface area contributed by atoms with Crippen LogP contribution in [-0.4, -0.2) is 18.6 Å². The van der Waals surface area contributed by atoms with Gasteiger partial charge in [0.1, 0.15) is 0 Å². The third kappa shape index (κ3) is 2.99. The van der Waals surface area contributed by atoms with Crippen LogP contribution in [0.25, 0.3) is 5.57 Å². The molecular formula is C15H19ClO2. The molecule has 0 heterocycles. The predicted octanol–water partition coefficient (Wildman–Crippen LogP) is 4.27. The van der Waals surface area contributed by atoms with E-state index in [2.05, 4.69) is 18.2 Å². The SMILES string of the molecule is CCOc1ccc(C2=CC(Cl)CC2)cc1OCC. The molecule has 1 aliphatic carbocycles. The zero-order valence-electron chi connectivity index (χ0n) is 10.9. The van der Waals surface area contributed by atoms with Crippen molar-refractivity contribution in [2.24, 2.45) is 0 Å². The molecule has 1 atom stereocenters. The number of ether oxygens (including phenoxy) is 2. The van der Waals surface area contributed by atoms with Gasteiger partial charge in [0.05, 0.1) is 18.6 Å². The van der Waals surface area contributed by atoms with Crippen molar-refractivity contribution in [3.63, 3.8) is 0 Å². The van der Waals surface area contributed by atoms with Crippen LogP contribution in [0.4, 0.5) is 0 Å². The molecule has 1 aromatic carbocycles. The normalized spacial score (nSPS) is 18.6. The minimum atomic E-state index is 0.169. The molecular weight excluding hydrogens is 248 g/mol. The molecule has 1 unspecified atom stereocenters. The van der Waals surface area contributed by atoms with E-state index < -0.39 is 0 Å². The molecule has 98 valence electrons. The molecule has 3 heteroatoms. The van der Waals surface area contributed by atoms with Crippen LogP contribution < -0.4 is 9.47 Å². The summed E-state index contributed by atoms with van der Waals surface area (Å²) < 4.78 is 11.2. The van der Waals surface area contributed by atoms with E-state index in [1.54, 1.807) is 0 Å². The fraction of sp³-hybridized carbons (Fsp3) is 0.467. The summed E-state index contributed by atoms with van der Waals surface area (Å²) in [6.45, 7) is 5.24. The fourth-order valence-corrected chi connectivity index (χ4v) is 2.43. The Hall–Kier alpha value is -1.15. The standard InChI is InChI=1S/C15H19ClO2/c1-3-17-14-8-6-12(10-15(14)18-4-2)11-5-7-13(16)9-11/h6,8-10,13H,3-5,7H2,1-2H3. The lowest BCUT2D eigenvalue weighted by molar-refractivity contribution is 0.287. The van der Waals surface area contributed by atoms with Gasteiger partial charge in [-0.3, -0.25) is 0 Å². The average Bonchev–Trinajstić information content (AvgIpc) is 2.79. The highest BCUT2D eigenvalue weighted by atomic mass is 35.5. The number of rotatable bonds is 5. The molecule has 0 bridgehead atoms. The quantitative estimate of drug-likeness (QED) is 0.741. The van der Waals surface area contributed by atoms with Crippen molar-refractivity contribution in [1.29, 1.82) is 0 Å². The van der Waals surface area contributed by atoms with E-state index in [1.807, 2.05) is 19.9 Å². The first-order valence-electron chi connectivity index (χ1n) is 6.49. The second-order valence-electron chi connectivity index (χ2n) is 4.27. The second kappa shape index (κ2) is 6.14. The number of hydrogen-bond acceptors (Lipinski definition) is 2. The van der Waals surface area contributed by atoms with Gasteiger partial charge >= 0.3 is 0 Å². The number of hydrogen-bond donors (Lipinski definition) is 0. The van der Waals surface area contributed by atoms with Crippen LogP contribution in [0, 0.1) is 0 Å². The molecule has 0 saturated heterocycles. The highest BCUT2D eigenvalue weighted by molar-refractivity contribution is 6.22. The van der Waals surface area contributed by atoms with Gasteiger partial charge in [-0.15, -0.1) is 11.6 Å². The van der Waals surface area contributed by atoms with E-state index in [9.17, 15) is 0 Å². The lowest BCUT2D eigenvalue weighted by atomic mass is 10.1. The minimum Gasteiger partial charge on any atom is -0.490 e. The first-order chi connectivity index (χ1) is 8.74. The van der Waals surface area contributed by atoms with Crippen LogP contribution in [0.1, 0.15) is 32.3 Å². The van der Waals surface area contributed by atoms with Crippen molar-refractivity contribution >= 4 is 17.2 Å². The molecule has 0 fully saturated rings. The van der Waals surface area contributed by atoms with Gasteiger partial charge in [-0.1, -0.05) is 12.1 Å². The van der Waals surface area contributed by atoms with Crippen LogP contribution in [0.15, 0.2) is 24.3 Å². The van der Waals surface area contributed by atoms with E-state index >= 15 is 0 Å². The first kappa shape index (κ1) is 13.3. The minimum absolute atomic E-state index is 0.169. The van der Waals surface area contributed by atoms with Crippen LogP contribution in [0.2, 0.25) is 0 Å². The van der Waals surface area contributed by atoms with E-state index in [0.717, 1.165) is 24.3 Å². The maximum atomic E-state index is 6.11. The van der Waals surface area contributed by atoms with Crippen molar-refractivity contribution in [2.75, 3.05) is 13.2 Å². The molecule has 0 N–H and O–H groups in total. The van der Waals surface area contributed by atoms with Gasteiger partial charge in [0.15, 0.2) is 11.5 Å². The van der Waals surface area contributed by atoms with E-state index in [-0.39, 0.29) is 5.38 Å². The Morgan fingerprint density at radius 3 is 2.50 bits per heavy atom. The van der Waals surface area contributed by atoms with Gasteiger partial charge in [0, 0.05) is 0 Å². The Kier molecular flexibility index (Phi) is 4.54. The van der Waals surface area contributed by atoms with Crippen molar-refractivity contribution in [3.8, 4) is 11.5 Å². The second-order valence-corrected chi connectivity index (χ2v) is 4.83. The van der Waals surface area contributed by atoms with Crippen LogP contribution in [0.5, 0.6) is 11.5 Å². The largest absolute Gasteiger partial charge is 0.490 e. The Balaban J connectivity index is 2.27. The van der Waals surface area contributed by atoms with Gasteiger partial charge in [0.2, 0.25) is 0 Å². The maximum absolute atomic E-state index is 6.11. The molecule has 0 spiro atoms. The van der Waals surface area contributed by atoms with Gasteiger partial charge < -0.3 is 9.47 Å². The van der Waals surface area contributed by atoms with Crippen LogP contribution in [0.3, 0.4) is 0 Å². The number of allylic oxidation sites excluding steroid dienone is 2. The Morgan fingerprint density at radius 1 is 1.17 bits per heavy atom. The van der Waals surface area contributed by atoms with Gasteiger partial charge in [0.25, 0.3) is 0 Å². The fourth-order valence-electron chi connectivity index (χ4n) is 2.17. The number of benzene rings is 1. The number of alkyl halides is 1. The summed E-state index contributed by atoms with van der Waals surface area (Å²) >= 11 is 6.11. The summed E-state index contributed by atoms with van der Waals surface area (Å²) in [4.78, 5) is 0. The van der Waals surface area contributed by atoms with Crippen molar-refractivity contribution in [3.05, 3.63) is 29.8 Å². The van der Waals surface area contributed by atoms with Gasteiger partial charge in [-0.2, -0.15) is 0 Å². The molecule has 2 rings (SSSR count). The third-order valence-electron chi connectivity index (χ3n) is 2.99. The molecule has 18 heavy (non-hydrogen) atoms. The molecule has 0 aromatic heterocycles. The summed E-state index contributed by atoms with van der Waals surface area (Å²) in [5.74, 6) is 1.62. The van der Waals surface area contributed by atoms with Gasteiger partial charge in [-0.05, 0) is 50.0 Å². The lowest BCUT2D eigenvalue weighted by Gasteiger charge is -2.12. The summed E-state index contributed by atoms with van der Waals surface area (Å²) in [6, 6.07) is 6.11. The van der Waals surface area contributed by atoms with E-state index in [0.29, 0.717) is 13.2 Å². The molecule has 1 aromatic rings. The number of halogens is 1. The monoisotopic (exact) mass is 266 g/mol. The molecule has 0 amide bonds. The van der Waals surface area contributed by atoms with Gasteiger partial charge in [-0.25, -0.2) is 0 Å². The highest BCUT2D eigenvalue weighted by Gasteiger charge is 2.16. The van der Waals surface area contributed by atoms with Crippen molar-refractivity contribution in [1.82, 2.24) is 0 Å². The third-order valence-corrected chi connectivity index (χ3v) is 3.33. The molecule has 1 aliphatic rings. The summed E-state index contributed by atoms with van der Waals surface area (Å²) in [7, 11) is 0. The Morgan fingerprint density at radius 2 is 1.89 bits per heavy atom. The Bertz CT molecular complexity index is 440. The predicted molar refractivity (Wildman–Crippen MR) is 75.6 cm³/mol.